The van der Waals surface area contributed by atoms with Gasteiger partial charge in [-0.2, -0.15) is 5.10 Å². The van der Waals surface area contributed by atoms with Crippen LogP contribution < -0.4 is 5.32 Å². The van der Waals surface area contributed by atoms with E-state index in [2.05, 4.69) is 22.4 Å². The van der Waals surface area contributed by atoms with E-state index in [-0.39, 0.29) is 11.8 Å². The lowest BCUT2D eigenvalue weighted by atomic mass is 10.0. The standard InChI is InChI=1S/C25H29N5O2S/c31-23(14-18-6-4-5-7-18)29-12-10-21-20(17-29)24(25(32)27-15-22-26-11-13-33-22)28-30(21)16-19-8-2-1-3-9-19/h1-3,8-9,11,13,18H,4-7,10,12,14-17H2,(H,27,32). The Bertz CT molecular complexity index is 1100. The third kappa shape index (κ3) is 5.00. The van der Waals surface area contributed by atoms with Crippen LogP contribution in [0.3, 0.4) is 0 Å². The summed E-state index contributed by atoms with van der Waals surface area (Å²) in [5.41, 5.74) is 3.50. The van der Waals surface area contributed by atoms with Crippen molar-refractivity contribution in [1.82, 2.24) is 25.0 Å². The van der Waals surface area contributed by atoms with E-state index in [9.17, 15) is 9.59 Å². The van der Waals surface area contributed by atoms with Gasteiger partial charge in [0, 0.05) is 48.8 Å². The average molecular weight is 464 g/mol. The first-order valence-corrected chi connectivity index (χ1v) is 12.6. The number of hydrogen-bond acceptors (Lipinski definition) is 5. The molecule has 3 aromatic rings. The highest BCUT2D eigenvalue weighted by atomic mass is 32.1. The van der Waals surface area contributed by atoms with E-state index in [1.165, 1.54) is 24.2 Å². The molecule has 2 amide bonds. The van der Waals surface area contributed by atoms with Gasteiger partial charge in [-0.1, -0.05) is 43.2 Å². The molecule has 1 saturated carbocycles. The molecule has 172 valence electrons. The van der Waals surface area contributed by atoms with E-state index in [0.717, 1.165) is 34.7 Å². The van der Waals surface area contributed by atoms with Crippen molar-refractivity contribution >= 4 is 23.2 Å². The second kappa shape index (κ2) is 9.87. The fourth-order valence-corrected chi connectivity index (χ4v) is 5.50. The van der Waals surface area contributed by atoms with Crippen LogP contribution in [0, 0.1) is 5.92 Å². The third-order valence-corrected chi connectivity index (χ3v) is 7.48. The molecule has 0 unspecified atom stereocenters. The summed E-state index contributed by atoms with van der Waals surface area (Å²) in [6.45, 7) is 2.12. The number of nitrogens with one attached hydrogen (secondary N) is 1. The monoisotopic (exact) mass is 463 g/mol. The number of aromatic nitrogens is 3. The van der Waals surface area contributed by atoms with E-state index in [1.54, 1.807) is 6.20 Å². The fourth-order valence-electron chi connectivity index (χ4n) is 4.94. The molecule has 1 aliphatic carbocycles. The van der Waals surface area contributed by atoms with Crippen LogP contribution in [-0.2, 0) is 30.8 Å². The van der Waals surface area contributed by atoms with Crippen molar-refractivity contribution in [2.75, 3.05) is 6.54 Å². The summed E-state index contributed by atoms with van der Waals surface area (Å²) in [4.78, 5) is 32.3. The Morgan fingerprint density at radius 2 is 1.97 bits per heavy atom. The number of carbonyl (C=O) groups is 2. The number of hydrogen-bond donors (Lipinski definition) is 1. The van der Waals surface area contributed by atoms with Crippen molar-refractivity contribution < 1.29 is 9.59 Å². The number of rotatable bonds is 7. The molecule has 0 atom stereocenters. The summed E-state index contributed by atoms with van der Waals surface area (Å²) < 4.78 is 1.95. The Morgan fingerprint density at radius 3 is 2.73 bits per heavy atom. The maximum Gasteiger partial charge on any atom is 0.272 e. The summed E-state index contributed by atoms with van der Waals surface area (Å²) in [5, 5.41) is 10.4. The first-order chi connectivity index (χ1) is 16.2. The Balaban J connectivity index is 1.37. The summed E-state index contributed by atoms with van der Waals surface area (Å²) in [6, 6.07) is 10.1. The Hall–Kier alpha value is -3.00. The third-order valence-electron chi connectivity index (χ3n) is 6.70. The fraction of sp³-hybridized carbons (Fsp3) is 0.440. The van der Waals surface area contributed by atoms with Gasteiger partial charge < -0.3 is 10.2 Å². The maximum absolute atomic E-state index is 13.1. The van der Waals surface area contributed by atoms with Gasteiger partial charge in [0.15, 0.2) is 5.69 Å². The van der Waals surface area contributed by atoms with Gasteiger partial charge in [-0.15, -0.1) is 11.3 Å². The van der Waals surface area contributed by atoms with E-state index in [0.29, 0.717) is 50.6 Å². The summed E-state index contributed by atoms with van der Waals surface area (Å²) in [7, 11) is 0. The maximum atomic E-state index is 13.1. The number of carbonyl (C=O) groups excluding carboxylic acids is 2. The molecule has 8 heteroatoms. The number of nitrogens with zero attached hydrogens (tertiary/aromatic N) is 4. The highest BCUT2D eigenvalue weighted by Crippen LogP contribution is 2.30. The Morgan fingerprint density at radius 1 is 1.15 bits per heavy atom. The highest BCUT2D eigenvalue weighted by molar-refractivity contribution is 7.09. The number of benzene rings is 1. The topological polar surface area (TPSA) is 80.1 Å². The zero-order valence-electron chi connectivity index (χ0n) is 18.7. The Kier molecular flexibility index (Phi) is 6.53. The molecule has 2 aliphatic rings. The van der Waals surface area contributed by atoms with Gasteiger partial charge in [0.05, 0.1) is 13.1 Å². The molecular weight excluding hydrogens is 434 g/mol. The molecule has 2 aromatic heterocycles. The zero-order valence-corrected chi connectivity index (χ0v) is 19.5. The van der Waals surface area contributed by atoms with Gasteiger partial charge in [0.25, 0.3) is 5.91 Å². The summed E-state index contributed by atoms with van der Waals surface area (Å²) in [6.07, 6.45) is 7.85. The summed E-state index contributed by atoms with van der Waals surface area (Å²) in [5.74, 6) is 0.511. The molecule has 1 aromatic carbocycles. The number of fused-ring (bicyclic) bond motifs is 1. The molecule has 7 nitrogen and oxygen atoms in total. The molecule has 0 spiro atoms. The molecule has 0 saturated heterocycles. The van der Waals surface area contributed by atoms with Gasteiger partial charge in [0.2, 0.25) is 5.91 Å². The molecular formula is C25H29N5O2S. The first kappa shape index (κ1) is 21.8. The predicted molar refractivity (Wildman–Crippen MR) is 127 cm³/mol. The van der Waals surface area contributed by atoms with E-state index < -0.39 is 0 Å². The highest BCUT2D eigenvalue weighted by Gasteiger charge is 2.31. The lowest BCUT2D eigenvalue weighted by molar-refractivity contribution is -0.133. The number of amides is 2. The van der Waals surface area contributed by atoms with E-state index in [4.69, 9.17) is 5.10 Å². The predicted octanol–water partition coefficient (Wildman–Crippen LogP) is 3.78. The SMILES string of the molecule is O=C(NCc1nccs1)c1nn(Cc2ccccc2)c2c1CN(C(=O)CC1CCCC1)CC2. The van der Waals surface area contributed by atoms with E-state index in [1.807, 2.05) is 33.2 Å². The second-order valence-corrected chi connectivity index (χ2v) is 9.92. The van der Waals surface area contributed by atoms with Crippen LogP contribution in [0.25, 0.3) is 0 Å². The molecule has 33 heavy (non-hydrogen) atoms. The summed E-state index contributed by atoms with van der Waals surface area (Å²) >= 11 is 1.51. The van der Waals surface area contributed by atoms with Crippen LogP contribution in [0.15, 0.2) is 41.9 Å². The first-order valence-electron chi connectivity index (χ1n) is 11.7. The molecule has 1 fully saturated rings. The normalized spacial score (nSPS) is 16.1. The van der Waals surface area contributed by atoms with Gasteiger partial charge in [0.1, 0.15) is 5.01 Å². The molecule has 0 radical (unpaired) electrons. The molecule has 3 heterocycles. The van der Waals surface area contributed by atoms with Crippen molar-refractivity contribution in [3.05, 3.63) is 69.4 Å². The molecule has 5 rings (SSSR count). The quantitative estimate of drug-likeness (QED) is 0.578. The molecule has 1 N–H and O–H groups in total. The van der Waals surface area contributed by atoms with Crippen molar-refractivity contribution in [2.45, 2.75) is 58.2 Å². The van der Waals surface area contributed by atoms with Crippen molar-refractivity contribution in [3.63, 3.8) is 0 Å². The van der Waals surface area contributed by atoms with Crippen molar-refractivity contribution in [1.29, 1.82) is 0 Å². The lowest BCUT2D eigenvalue weighted by Crippen LogP contribution is -2.37. The van der Waals surface area contributed by atoms with Crippen molar-refractivity contribution in [3.8, 4) is 0 Å². The second-order valence-electron chi connectivity index (χ2n) is 8.95. The minimum absolute atomic E-state index is 0.206. The van der Waals surface area contributed by atoms with Crippen LogP contribution in [-0.4, -0.2) is 38.0 Å². The minimum atomic E-state index is -0.210. The zero-order chi connectivity index (χ0) is 22.6. The number of thiazole rings is 1. The largest absolute Gasteiger partial charge is 0.344 e. The van der Waals surface area contributed by atoms with Crippen molar-refractivity contribution in [2.24, 2.45) is 5.92 Å². The van der Waals surface area contributed by atoms with Crippen LogP contribution in [0.4, 0.5) is 0 Å². The minimum Gasteiger partial charge on any atom is -0.344 e. The lowest BCUT2D eigenvalue weighted by Gasteiger charge is -2.29. The van der Waals surface area contributed by atoms with Crippen LogP contribution >= 0.6 is 11.3 Å². The van der Waals surface area contributed by atoms with Gasteiger partial charge in [-0.05, 0) is 24.3 Å². The Labute approximate surface area is 197 Å². The smallest absolute Gasteiger partial charge is 0.272 e. The van der Waals surface area contributed by atoms with Gasteiger partial charge >= 0.3 is 0 Å². The van der Waals surface area contributed by atoms with Crippen LogP contribution in [0.2, 0.25) is 0 Å². The van der Waals surface area contributed by atoms with Gasteiger partial charge in [-0.25, -0.2) is 4.98 Å². The molecule has 1 aliphatic heterocycles. The molecule has 0 bridgehead atoms. The van der Waals surface area contributed by atoms with Crippen LogP contribution in [0.1, 0.15) is 64.4 Å². The van der Waals surface area contributed by atoms with E-state index >= 15 is 0 Å². The van der Waals surface area contributed by atoms with Gasteiger partial charge in [-0.3, -0.25) is 14.3 Å². The van der Waals surface area contributed by atoms with Crippen LogP contribution in [0.5, 0.6) is 0 Å². The average Bonchev–Trinajstić information content (AvgIpc) is 3.60.